The summed E-state index contributed by atoms with van der Waals surface area (Å²) in [5.74, 6) is -1.10. The molecule has 0 aliphatic rings. The topological polar surface area (TPSA) is 115 Å². The fraction of sp³-hybridized carbons (Fsp3) is 0.0909. The van der Waals surface area contributed by atoms with E-state index in [-0.39, 0.29) is 23.6 Å². The Bertz CT molecular complexity index is 1160. The number of rotatable bonds is 5. The first-order valence-electron chi connectivity index (χ1n) is 8.82. The molecular formula is C22H18N4O3. The summed E-state index contributed by atoms with van der Waals surface area (Å²) in [6.45, 7) is 1.59. The number of para-hydroxylation sites is 1. The van der Waals surface area contributed by atoms with Gasteiger partial charge in [0.2, 0.25) is 5.91 Å². The van der Waals surface area contributed by atoms with Crippen LogP contribution in [0.3, 0.4) is 0 Å². The molecule has 144 valence electrons. The molecule has 7 nitrogen and oxygen atoms in total. The monoisotopic (exact) mass is 386 g/mol. The minimum absolute atomic E-state index is 0.0657. The number of hydrogen-bond donors (Lipinski definition) is 3. The molecule has 3 rings (SSSR count). The van der Waals surface area contributed by atoms with E-state index in [0.29, 0.717) is 17.0 Å². The molecule has 0 aliphatic carbocycles. The number of fused-ring (bicyclic) bond motifs is 1. The van der Waals surface area contributed by atoms with Crippen molar-refractivity contribution in [2.75, 3.05) is 5.32 Å². The Balaban J connectivity index is 1.65. The molecule has 0 bridgehead atoms. The Morgan fingerprint density at radius 2 is 1.72 bits per heavy atom. The van der Waals surface area contributed by atoms with Crippen LogP contribution in [0.2, 0.25) is 0 Å². The van der Waals surface area contributed by atoms with Crippen LogP contribution in [0, 0.1) is 11.3 Å². The van der Waals surface area contributed by atoms with E-state index in [2.05, 4.69) is 15.8 Å². The first-order valence-corrected chi connectivity index (χ1v) is 8.82. The van der Waals surface area contributed by atoms with Gasteiger partial charge in [-0.1, -0.05) is 36.4 Å². The molecule has 0 heterocycles. The Labute approximate surface area is 167 Å². The van der Waals surface area contributed by atoms with Gasteiger partial charge in [0.25, 0.3) is 5.91 Å². The summed E-state index contributed by atoms with van der Waals surface area (Å²) in [5, 5.41) is 27.4. The standard InChI is InChI=1S/C22H18N4O3/c1-14(10-21(28)24-19-9-5-4-8-17(19)13-23)25-26-22(29)18-11-15-6-2-3-7-16(15)12-20(18)27/h2-9,11-12,27H,10H2,1H3,(H,24,28)(H,26,29)/b25-14-. The summed E-state index contributed by atoms with van der Waals surface area (Å²) in [6, 6.07) is 19.1. The van der Waals surface area contributed by atoms with Crippen molar-refractivity contribution in [2.24, 2.45) is 5.10 Å². The van der Waals surface area contributed by atoms with Gasteiger partial charge >= 0.3 is 0 Å². The minimum atomic E-state index is -0.581. The van der Waals surface area contributed by atoms with Crippen molar-refractivity contribution in [1.29, 1.82) is 5.26 Å². The second-order valence-electron chi connectivity index (χ2n) is 6.39. The van der Waals surface area contributed by atoms with Crippen LogP contribution in [-0.2, 0) is 4.79 Å². The van der Waals surface area contributed by atoms with Crippen LogP contribution in [-0.4, -0.2) is 22.6 Å². The van der Waals surface area contributed by atoms with Crippen LogP contribution < -0.4 is 10.7 Å². The molecule has 29 heavy (non-hydrogen) atoms. The fourth-order valence-electron chi connectivity index (χ4n) is 2.77. The first kappa shape index (κ1) is 19.6. The van der Waals surface area contributed by atoms with E-state index in [1.807, 2.05) is 30.3 Å². The molecule has 0 saturated carbocycles. The molecular weight excluding hydrogens is 368 g/mol. The summed E-state index contributed by atoms with van der Waals surface area (Å²) in [5.41, 5.74) is 3.58. The lowest BCUT2D eigenvalue weighted by molar-refractivity contribution is -0.115. The van der Waals surface area contributed by atoms with Crippen molar-refractivity contribution in [3.05, 3.63) is 71.8 Å². The second-order valence-corrected chi connectivity index (χ2v) is 6.39. The Morgan fingerprint density at radius 1 is 1.07 bits per heavy atom. The van der Waals surface area contributed by atoms with E-state index in [0.717, 1.165) is 10.8 Å². The van der Waals surface area contributed by atoms with Crippen molar-refractivity contribution < 1.29 is 14.7 Å². The normalized spacial score (nSPS) is 11.0. The SMILES string of the molecule is C/C(CC(=O)Nc1ccccc1C#N)=N/NC(=O)c1cc2ccccc2cc1O. The maximum absolute atomic E-state index is 12.4. The number of hydrazone groups is 1. The highest BCUT2D eigenvalue weighted by atomic mass is 16.3. The highest BCUT2D eigenvalue weighted by molar-refractivity contribution is 6.07. The Hall–Kier alpha value is -4.18. The van der Waals surface area contributed by atoms with Gasteiger partial charge in [-0.3, -0.25) is 9.59 Å². The Kier molecular flexibility index (Phi) is 5.85. The second kappa shape index (κ2) is 8.67. The number of amides is 2. The van der Waals surface area contributed by atoms with Crippen molar-refractivity contribution >= 4 is 34.0 Å². The van der Waals surface area contributed by atoms with E-state index < -0.39 is 5.91 Å². The van der Waals surface area contributed by atoms with E-state index in [1.165, 1.54) is 6.07 Å². The number of nitrogens with one attached hydrogen (secondary N) is 2. The zero-order valence-electron chi connectivity index (χ0n) is 15.6. The molecule has 0 fully saturated rings. The average Bonchev–Trinajstić information content (AvgIpc) is 2.71. The van der Waals surface area contributed by atoms with Crippen LogP contribution in [0.25, 0.3) is 10.8 Å². The van der Waals surface area contributed by atoms with Crippen LogP contribution in [0.4, 0.5) is 5.69 Å². The van der Waals surface area contributed by atoms with E-state index in [1.54, 1.807) is 37.3 Å². The Morgan fingerprint density at radius 3 is 2.45 bits per heavy atom. The molecule has 0 saturated heterocycles. The fourth-order valence-corrected chi connectivity index (χ4v) is 2.77. The number of nitriles is 1. The number of phenols is 1. The summed E-state index contributed by atoms with van der Waals surface area (Å²) in [4.78, 5) is 24.5. The maximum atomic E-state index is 12.4. The van der Waals surface area contributed by atoms with Crippen LogP contribution in [0.1, 0.15) is 29.3 Å². The zero-order valence-corrected chi connectivity index (χ0v) is 15.6. The lowest BCUT2D eigenvalue weighted by atomic mass is 10.1. The van der Waals surface area contributed by atoms with Crippen molar-refractivity contribution in [3.8, 4) is 11.8 Å². The van der Waals surface area contributed by atoms with Gasteiger partial charge in [0, 0.05) is 5.71 Å². The van der Waals surface area contributed by atoms with Gasteiger partial charge in [-0.05, 0) is 42.0 Å². The van der Waals surface area contributed by atoms with E-state index in [4.69, 9.17) is 5.26 Å². The minimum Gasteiger partial charge on any atom is -0.507 e. The van der Waals surface area contributed by atoms with Gasteiger partial charge in [0.1, 0.15) is 11.8 Å². The van der Waals surface area contributed by atoms with Crippen LogP contribution in [0.15, 0.2) is 65.8 Å². The van der Waals surface area contributed by atoms with Crippen LogP contribution >= 0.6 is 0 Å². The molecule has 3 N–H and O–H groups in total. The lowest BCUT2D eigenvalue weighted by Gasteiger charge is -2.08. The highest BCUT2D eigenvalue weighted by Gasteiger charge is 2.13. The largest absolute Gasteiger partial charge is 0.507 e. The lowest BCUT2D eigenvalue weighted by Crippen LogP contribution is -2.21. The third-order valence-corrected chi connectivity index (χ3v) is 4.19. The van der Waals surface area contributed by atoms with Gasteiger partial charge in [0.05, 0.1) is 23.2 Å². The highest BCUT2D eigenvalue weighted by Crippen LogP contribution is 2.24. The average molecular weight is 386 g/mol. The number of carbonyl (C=O) groups is 2. The van der Waals surface area contributed by atoms with Crippen molar-refractivity contribution in [2.45, 2.75) is 13.3 Å². The van der Waals surface area contributed by atoms with E-state index >= 15 is 0 Å². The smallest absolute Gasteiger partial charge is 0.275 e. The molecule has 3 aromatic rings. The van der Waals surface area contributed by atoms with Crippen molar-refractivity contribution in [3.63, 3.8) is 0 Å². The first-order chi connectivity index (χ1) is 14.0. The number of nitrogens with zero attached hydrogens (tertiary/aromatic N) is 2. The molecule has 2 amide bonds. The molecule has 0 unspecified atom stereocenters. The van der Waals surface area contributed by atoms with Gasteiger partial charge in [-0.2, -0.15) is 10.4 Å². The number of hydrogen-bond acceptors (Lipinski definition) is 5. The zero-order chi connectivity index (χ0) is 20.8. The molecule has 0 aromatic heterocycles. The summed E-state index contributed by atoms with van der Waals surface area (Å²) in [7, 11) is 0. The third-order valence-electron chi connectivity index (χ3n) is 4.19. The predicted molar refractivity (Wildman–Crippen MR) is 111 cm³/mol. The maximum Gasteiger partial charge on any atom is 0.275 e. The summed E-state index contributed by atoms with van der Waals surface area (Å²) < 4.78 is 0. The number of anilines is 1. The van der Waals surface area contributed by atoms with Gasteiger partial charge in [-0.25, -0.2) is 5.43 Å². The molecule has 0 spiro atoms. The molecule has 0 aliphatic heterocycles. The van der Waals surface area contributed by atoms with E-state index in [9.17, 15) is 14.7 Å². The van der Waals surface area contributed by atoms with Gasteiger partial charge in [0.15, 0.2) is 0 Å². The van der Waals surface area contributed by atoms with Gasteiger partial charge in [-0.15, -0.1) is 0 Å². The molecule has 0 radical (unpaired) electrons. The molecule has 3 aromatic carbocycles. The quantitative estimate of drug-likeness (QED) is 0.459. The third kappa shape index (κ3) is 4.76. The number of phenolic OH excluding ortho intramolecular Hbond substituents is 1. The summed E-state index contributed by atoms with van der Waals surface area (Å²) >= 11 is 0. The predicted octanol–water partition coefficient (Wildman–Crippen LogP) is 3.55. The molecule has 7 heteroatoms. The number of aromatic hydroxyl groups is 1. The number of benzene rings is 3. The van der Waals surface area contributed by atoms with Crippen LogP contribution in [0.5, 0.6) is 5.75 Å². The number of carbonyl (C=O) groups excluding carboxylic acids is 2. The summed E-state index contributed by atoms with van der Waals surface area (Å²) in [6.07, 6.45) is -0.0657. The van der Waals surface area contributed by atoms with Crippen molar-refractivity contribution in [1.82, 2.24) is 5.43 Å². The molecule has 0 atom stereocenters. The van der Waals surface area contributed by atoms with Gasteiger partial charge < -0.3 is 10.4 Å².